The first-order valence-corrected chi connectivity index (χ1v) is 7.97. The molecule has 0 saturated heterocycles. The zero-order valence-corrected chi connectivity index (χ0v) is 12.0. The van der Waals surface area contributed by atoms with Gasteiger partial charge >= 0.3 is 5.97 Å². The highest BCUT2D eigenvalue weighted by atomic mass is 32.2. The van der Waals surface area contributed by atoms with E-state index in [9.17, 15) is 13.2 Å². The molecule has 19 heavy (non-hydrogen) atoms. The van der Waals surface area contributed by atoms with Gasteiger partial charge in [-0.1, -0.05) is 18.9 Å². The Bertz CT molecular complexity index is 611. The molecule has 0 amide bonds. The number of hydrogen-bond acceptors (Lipinski definition) is 3. The van der Waals surface area contributed by atoms with Gasteiger partial charge < -0.3 is 5.11 Å². The molecule has 1 N–H and O–H groups in total. The first kappa shape index (κ1) is 14.1. The van der Waals surface area contributed by atoms with Gasteiger partial charge in [0, 0.05) is 0 Å². The smallest absolute Gasteiger partial charge is 0.335 e. The van der Waals surface area contributed by atoms with Gasteiger partial charge in [0.2, 0.25) is 0 Å². The highest BCUT2D eigenvalue weighted by Gasteiger charge is 2.32. The third-order valence-corrected chi connectivity index (χ3v) is 6.20. The Morgan fingerprint density at radius 3 is 2.26 bits per heavy atom. The number of carboxylic acid groups (broad SMARTS) is 1. The van der Waals surface area contributed by atoms with Crippen LogP contribution in [-0.2, 0) is 9.84 Å². The fraction of sp³-hybridized carbons (Fsp3) is 0.500. The fourth-order valence-corrected chi connectivity index (χ4v) is 4.85. The molecule has 5 heteroatoms. The van der Waals surface area contributed by atoms with E-state index in [-0.39, 0.29) is 15.7 Å². The van der Waals surface area contributed by atoms with Crippen LogP contribution in [0, 0.1) is 13.8 Å². The number of aromatic carboxylic acids is 1. The molecule has 0 bridgehead atoms. The van der Waals surface area contributed by atoms with Crippen LogP contribution in [0.1, 0.15) is 47.2 Å². The third-order valence-electron chi connectivity index (χ3n) is 3.80. The van der Waals surface area contributed by atoms with E-state index in [1.165, 1.54) is 6.07 Å². The molecule has 0 aromatic heterocycles. The van der Waals surface area contributed by atoms with E-state index in [0.717, 1.165) is 12.8 Å². The average molecular weight is 282 g/mol. The molecule has 1 fully saturated rings. The lowest BCUT2D eigenvalue weighted by Gasteiger charge is -2.15. The van der Waals surface area contributed by atoms with Crippen molar-refractivity contribution in [1.29, 1.82) is 0 Å². The second-order valence-electron chi connectivity index (χ2n) is 5.19. The molecule has 104 valence electrons. The van der Waals surface area contributed by atoms with Gasteiger partial charge in [-0.25, -0.2) is 13.2 Å². The molecule has 1 saturated carbocycles. The molecule has 0 unspecified atom stereocenters. The zero-order valence-electron chi connectivity index (χ0n) is 11.1. The lowest BCUT2D eigenvalue weighted by Crippen LogP contribution is -2.19. The summed E-state index contributed by atoms with van der Waals surface area (Å²) in [4.78, 5) is 11.3. The topological polar surface area (TPSA) is 71.4 Å². The Labute approximate surface area is 113 Å². The van der Waals surface area contributed by atoms with Crippen LogP contribution in [-0.4, -0.2) is 24.7 Å². The lowest BCUT2D eigenvalue weighted by atomic mass is 10.1. The van der Waals surface area contributed by atoms with Crippen molar-refractivity contribution in [3.8, 4) is 0 Å². The molecule has 1 aliphatic carbocycles. The summed E-state index contributed by atoms with van der Waals surface area (Å²) >= 11 is 0. The van der Waals surface area contributed by atoms with Crippen LogP contribution in [0.3, 0.4) is 0 Å². The summed E-state index contributed by atoms with van der Waals surface area (Å²) < 4.78 is 25.1. The summed E-state index contributed by atoms with van der Waals surface area (Å²) in [5, 5.41) is 8.77. The van der Waals surface area contributed by atoms with Crippen LogP contribution in [0.25, 0.3) is 0 Å². The predicted octanol–water partition coefficient (Wildman–Crippen LogP) is 2.72. The molecule has 1 aromatic carbocycles. The maximum atomic E-state index is 12.5. The van der Waals surface area contributed by atoms with Gasteiger partial charge in [0.1, 0.15) is 0 Å². The van der Waals surface area contributed by atoms with Crippen molar-refractivity contribution in [2.24, 2.45) is 0 Å². The van der Waals surface area contributed by atoms with Gasteiger partial charge in [-0.15, -0.1) is 0 Å². The first-order valence-electron chi connectivity index (χ1n) is 6.42. The van der Waals surface area contributed by atoms with E-state index in [4.69, 9.17) is 5.11 Å². The SMILES string of the molecule is Cc1cc(C)c(S(=O)(=O)C2CCCC2)cc1C(=O)O. The normalized spacial score (nSPS) is 16.7. The number of hydrogen-bond donors (Lipinski definition) is 1. The summed E-state index contributed by atoms with van der Waals surface area (Å²) in [5.41, 5.74) is 1.30. The second-order valence-corrected chi connectivity index (χ2v) is 7.39. The maximum absolute atomic E-state index is 12.5. The standard InChI is InChI=1S/C14H18O4S/c1-9-7-10(2)13(8-12(9)14(15)16)19(17,18)11-5-3-4-6-11/h7-8,11H,3-6H2,1-2H3,(H,15,16). The minimum atomic E-state index is -3.41. The molecular formula is C14H18O4S. The van der Waals surface area contributed by atoms with Crippen LogP contribution >= 0.6 is 0 Å². The van der Waals surface area contributed by atoms with Crippen LogP contribution in [0.5, 0.6) is 0 Å². The molecule has 0 aliphatic heterocycles. The second kappa shape index (κ2) is 4.96. The van der Waals surface area contributed by atoms with E-state index in [1.54, 1.807) is 19.9 Å². The molecular weight excluding hydrogens is 264 g/mol. The predicted molar refractivity (Wildman–Crippen MR) is 72.3 cm³/mol. The summed E-state index contributed by atoms with van der Waals surface area (Å²) in [6.07, 6.45) is 3.22. The van der Waals surface area contributed by atoms with Crippen LogP contribution < -0.4 is 0 Å². The molecule has 1 aromatic rings. The Hall–Kier alpha value is -1.36. The fourth-order valence-electron chi connectivity index (χ4n) is 2.75. The molecule has 2 rings (SSSR count). The van der Waals surface area contributed by atoms with Gasteiger partial charge in [0.25, 0.3) is 0 Å². The van der Waals surface area contributed by atoms with Crippen molar-refractivity contribution in [1.82, 2.24) is 0 Å². The van der Waals surface area contributed by atoms with Gasteiger partial charge in [0.05, 0.1) is 15.7 Å². The summed E-state index contributed by atoms with van der Waals surface area (Å²) in [5.74, 6) is -1.08. The van der Waals surface area contributed by atoms with Gasteiger partial charge in [0.15, 0.2) is 9.84 Å². The molecule has 0 heterocycles. The summed E-state index contributed by atoms with van der Waals surface area (Å²) in [6, 6.07) is 2.96. The Morgan fingerprint density at radius 1 is 1.16 bits per heavy atom. The zero-order chi connectivity index (χ0) is 14.2. The van der Waals surface area contributed by atoms with Crippen molar-refractivity contribution >= 4 is 15.8 Å². The largest absolute Gasteiger partial charge is 0.478 e. The Balaban J connectivity index is 2.55. The molecule has 1 aliphatic rings. The number of carbonyl (C=O) groups is 1. The van der Waals surface area contributed by atoms with Gasteiger partial charge in [-0.05, 0) is 43.9 Å². The van der Waals surface area contributed by atoms with Gasteiger partial charge in [-0.3, -0.25) is 0 Å². The van der Waals surface area contributed by atoms with Crippen LogP contribution in [0.2, 0.25) is 0 Å². The first-order chi connectivity index (χ1) is 8.84. The van der Waals surface area contributed by atoms with Crippen molar-refractivity contribution < 1.29 is 18.3 Å². The van der Waals surface area contributed by atoms with E-state index in [0.29, 0.717) is 24.0 Å². The summed E-state index contributed by atoms with van der Waals surface area (Å²) in [7, 11) is -3.41. The quantitative estimate of drug-likeness (QED) is 0.925. The molecule has 0 atom stereocenters. The highest BCUT2D eigenvalue weighted by Crippen LogP contribution is 2.32. The van der Waals surface area contributed by atoms with E-state index in [2.05, 4.69) is 0 Å². The van der Waals surface area contributed by atoms with Crippen molar-refractivity contribution in [3.63, 3.8) is 0 Å². The van der Waals surface area contributed by atoms with E-state index < -0.39 is 15.8 Å². The number of carboxylic acids is 1. The average Bonchev–Trinajstić information content (AvgIpc) is 2.81. The number of aryl methyl sites for hydroxylation is 2. The lowest BCUT2D eigenvalue weighted by molar-refractivity contribution is 0.0696. The minimum absolute atomic E-state index is 0.0715. The van der Waals surface area contributed by atoms with E-state index in [1.807, 2.05) is 0 Å². The van der Waals surface area contributed by atoms with Crippen LogP contribution in [0.15, 0.2) is 17.0 Å². The third kappa shape index (κ3) is 2.52. The van der Waals surface area contributed by atoms with Crippen molar-refractivity contribution in [2.75, 3.05) is 0 Å². The van der Waals surface area contributed by atoms with Crippen molar-refractivity contribution in [3.05, 3.63) is 28.8 Å². The number of rotatable bonds is 3. The molecule has 4 nitrogen and oxygen atoms in total. The monoisotopic (exact) mass is 282 g/mol. The van der Waals surface area contributed by atoms with E-state index >= 15 is 0 Å². The molecule has 0 spiro atoms. The van der Waals surface area contributed by atoms with Crippen LogP contribution in [0.4, 0.5) is 0 Å². The highest BCUT2D eigenvalue weighted by molar-refractivity contribution is 7.92. The Kier molecular flexibility index (Phi) is 3.67. The minimum Gasteiger partial charge on any atom is -0.478 e. The van der Waals surface area contributed by atoms with Gasteiger partial charge in [-0.2, -0.15) is 0 Å². The van der Waals surface area contributed by atoms with Crippen molar-refractivity contribution in [2.45, 2.75) is 49.7 Å². The Morgan fingerprint density at radius 2 is 1.74 bits per heavy atom. The summed E-state index contributed by atoms with van der Waals surface area (Å²) in [6.45, 7) is 3.41. The number of benzene rings is 1. The maximum Gasteiger partial charge on any atom is 0.335 e. The number of sulfone groups is 1. The molecule has 0 radical (unpaired) electrons.